The zero-order chi connectivity index (χ0) is 18.6. The number of hydrogen-bond acceptors (Lipinski definition) is 3. The number of halogens is 1. The minimum atomic E-state index is -3.69. The SMILES string of the molecule is O=S(=O)(c1cccc2cnccc12)N1CCc2[nH]c3ccc(F)cc3c2C1. The molecular weight excluding hydrogens is 365 g/mol. The van der Waals surface area contributed by atoms with E-state index < -0.39 is 10.0 Å². The van der Waals surface area contributed by atoms with Gasteiger partial charge in [0, 0.05) is 59.3 Å². The molecule has 1 N–H and O–H groups in total. The maximum Gasteiger partial charge on any atom is 0.244 e. The number of sulfonamides is 1. The molecule has 0 unspecified atom stereocenters. The molecule has 7 heteroatoms. The second kappa shape index (κ2) is 5.87. The topological polar surface area (TPSA) is 66.1 Å². The third kappa shape index (κ3) is 2.54. The Morgan fingerprint density at radius 3 is 2.89 bits per heavy atom. The second-order valence-electron chi connectivity index (χ2n) is 6.71. The molecule has 0 aliphatic carbocycles. The molecule has 0 bridgehead atoms. The van der Waals surface area contributed by atoms with Gasteiger partial charge in [0.05, 0.1) is 4.90 Å². The van der Waals surface area contributed by atoms with Crippen molar-refractivity contribution < 1.29 is 12.8 Å². The van der Waals surface area contributed by atoms with Crippen molar-refractivity contribution in [3.8, 4) is 0 Å². The monoisotopic (exact) mass is 381 g/mol. The summed E-state index contributed by atoms with van der Waals surface area (Å²) >= 11 is 0. The Kier molecular flexibility index (Phi) is 3.57. The fraction of sp³-hybridized carbons (Fsp3) is 0.150. The van der Waals surface area contributed by atoms with Crippen LogP contribution < -0.4 is 0 Å². The highest BCUT2D eigenvalue weighted by atomic mass is 32.2. The summed E-state index contributed by atoms with van der Waals surface area (Å²) in [6.45, 7) is 0.606. The number of nitrogens with one attached hydrogen (secondary N) is 1. The molecule has 2 aromatic carbocycles. The number of aromatic amines is 1. The first kappa shape index (κ1) is 16.4. The first-order valence-electron chi connectivity index (χ1n) is 8.66. The van der Waals surface area contributed by atoms with Crippen LogP contribution in [0.15, 0.2) is 59.8 Å². The van der Waals surface area contributed by atoms with Crippen molar-refractivity contribution in [3.63, 3.8) is 0 Å². The van der Waals surface area contributed by atoms with Crippen molar-refractivity contribution in [2.45, 2.75) is 17.9 Å². The van der Waals surface area contributed by atoms with Crippen LogP contribution in [0, 0.1) is 5.82 Å². The van der Waals surface area contributed by atoms with E-state index in [1.54, 1.807) is 36.7 Å². The van der Waals surface area contributed by atoms with Crippen LogP contribution in [0.2, 0.25) is 0 Å². The quantitative estimate of drug-likeness (QED) is 0.577. The van der Waals surface area contributed by atoms with Crippen molar-refractivity contribution in [3.05, 3.63) is 71.9 Å². The summed E-state index contributed by atoms with van der Waals surface area (Å²) in [7, 11) is -3.69. The van der Waals surface area contributed by atoms with E-state index >= 15 is 0 Å². The lowest BCUT2D eigenvalue weighted by Crippen LogP contribution is -2.35. The van der Waals surface area contributed by atoms with Gasteiger partial charge in [0.1, 0.15) is 5.82 Å². The summed E-state index contributed by atoms with van der Waals surface area (Å²) in [5.41, 5.74) is 2.65. The summed E-state index contributed by atoms with van der Waals surface area (Å²) in [5.74, 6) is -0.328. The maximum atomic E-state index is 13.7. The number of fused-ring (bicyclic) bond motifs is 4. The lowest BCUT2D eigenvalue weighted by Gasteiger charge is -2.27. The number of aromatic nitrogens is 2. The van der Waals surface area contributed by atoms with Crippen LogP contribution in [0.4, 0.5) is 4.39 Å². The Hall–Kier alpha value is -2.77. The highest BCUT2D eigenvalue weighted by Crippen LogP contribution is 2.32. The minimum absolute atomic E-state index is 0.225. The Labute approximate surface area is 155 Å². The molecule has 0 amide bonds. The fourth-order valence-electron chi connectivity index (χ4n) is 3.82. The molecule has 5 nitrogen and oxygen atoms in total. The lowest BCUT2D eigenvalue weighted by molar-refractivity contribution is 0.391. The van der Waals surface area contributed by atoms with Gasteiger partial charge in [-0.05, 0) is 35.9 Å². The van der Waals surface area contributed by atoms with Crippen molar-refractivity contribution in [1.29, 1.82) is 0 Å². The van der Waals surface area contributed by atoms with Crippen molar-refractivity contribution >= 4 is 31.7 Å². The Balaban J connectivity index is 1.61. The number of pyridine rings is 1. The summed E-state index contributed by atoms with van der Waals surface area (Å²) in [5, 5.41) is 2.18. The standard InChI is InChI=1S/C20H16FN3O2S/c21-14-4-5-18-16(10-14)17-12-24(9-7-19(17)23-18)27(25,26)20-3-1-2-13-11-22-8-6-15(13)20/h1-6,8,10-11,23H,7,9,12H2. The average Bonchev–Trinajstić information content (AvgIpc) is 3.04. The fourth-order valence-corrected chi connectivity index (χ4v) is 5.45. The molecule has 1 aliphatic heterocycles. The molecule has 0 saturated carbocycles. The minimum Gasteiger partial charge on any atom is -0.358 e. The normalized spacial score (nSPS) is 15.3. The summed E-state index contributed by atoms with van der Waals surface area (Å²) in [4.78, 5) is 7.63. The number of hydrogen-bond donors (Lipinski definition) is 1. The van der Waals surface area contributed by atoms with E-state index in [-0.39, 0.29) is 17.3 Å². The van der Waals surface area contributed by atoms with Crippen LogP contribution in [0.25, 0.3) is 21.7 Å². The predicted molar refractivity (Wildman–Crippen MR) is 101 cm³/mol. The number of nitrogens with zero attached hydrogens (tertiary/aromatic N) is 2. The first-order chi connectivity index (χ1) is 13.0. The number of H-pyrrole nitrogens is 1. The molecule has 0 radical (unpaired) electrons. The maximum absolute atomic E-state index is 13.7. The molecule has 0 spiro atoms. The van der Waals surface area contributed by atoms with E-state index in [0.717, 1.165) is 27.5 Å². The van der Waals surface area contributed by atoms with Crippen LogP contribution >= 0.6 is 0 Å². The Morgan fingerprint density at radius 1 is 1.11 bits per heavy atom. The summed E-state index contributed by atoms with van der Waals surface area (Å²) in [6.07, 6.45) is 3.82. The highest BCUT2D eigenvalue weighted by Gasteiger charge is 2.31. The third-order valence-corrected chi connectivity index (χ3v) is 7.06. The van der Waals surface area contributed by atoms with E-state index in [1.165, 1.54) is 16.4 Å². The van der Waals surface area contributed by atoms with Gasteiger partial charge >= 0.3 is 0 Å². The van der Waals surface area contributed by atoms with Crippen LogP contribution in [-0.4, -0.2) is 29.2 Å². The van der Waals surface area contributed by atoms with Gasteiger partial charge in [0.2, 0.25) is 10.0 Å². The van der Waals surface area contributed by atoms with Gasteiger partial charge in [-0.1, -0.05) is 12.1 Å². The van der Waals surface area contributed by atoms with E-state index in [1.807, 2.05) is 6.07 Å². The van der Waals surface area contributed by atoms with Crippen LogP contribution in [0.5, 0.6) is 0 Å². The van der Waals surface area contributed by atoms with Gasteiger partial charge in [0.15, 0.2) is 0 Å². The van der Waals surface area contributed by atoms with Crippen LogP contribution in [0.1, 0.15) is 11.3 Å². The molecule has 27 heavy (non-hydrogen) atoms. The molecule has 1 aliphatic rings. The number of rotatable bonds is 2. The first-order valence-corrected chi connectivity index (χ1v) is 10.1. The third-order valence-electron chi connectivity index (χ3n) is 5.16. The van der Waals surface area contributed by atoms with Crippen LogP contribution in [-0.2, 0) is 23.0 Å². The second-order valence-corrected chi connectivity index (χ2v) is 8.62. The van der Waals surface area contributed by atoms with Crippen molar-refractivity contribution in [2.75, 3.05) is 6.54 Å². The Bertz CT molecular complexity index is 1290. The molecule has 0 saturated heterocycles. The van der Waals surface area contributed by atoms with Gasteiger partial charge in [-0.15, -0.1) is 0 Å². The zero-order valence-corrected chi connectivity index (χ0v) is 15.1. The molecule has 3 heterocycles. The van der Waals surface area contributed by atoms with Crippen molar-refractivity contribution in [1.82, 2.24) is 14.3 Å². The van der Waals surface area contributed by atoms with E-state index in [9.17, 15) is 12.8 Å². The predicted octanol–water partition coefficient (Wildman–Crippen LogP) is 3.60. The lowest BCUT2D eigenvalue weighted by atomic mass is 10.1. The smallest absolute Gasteiger partial charge is 0.244 e. The molecule has 5 rings (SSSR count). The zero-order valence-electron chi connectivity index (χ0n) is 14.3. The largest absolute Gasteiger partial charge is 0.358 e. The number of benzene rings is 2. The van der Waals surface area contributed by atoms with Gasteiger partial charge in [0.25, 0.3) is 0 Å². The van der Waals surface area contributed by atoms with Gasteiger partial charge in [-0.2, -0.15) is 4.31 Å². The van der Waals surface area contributed by atoms with Crippen molar-refractivity contribution in [2.24, 2.45) is 0 Å². The van der Waals surface area contributed by atoms with Gasteiger partial charge in [-0.25, -0.2) is 12.8 Å². The van der Waals surface area contributed by atoms with Gasteiger partial charge < -0.3 is 4.98 Å². The van der Waals surface area contributed by atoms with E-state index in [2.05, 4.69) is 9.97 Å². The molecule has 0 fully saturated rings. The van der Waals surface area contributed by atoms with Gasteiger partial charge in [-0.3, -0.25) is 4.98 Å². The highest BCUT2D eigenvalue weighted by molar-refractivity contribution is 7.89. The molecule has 0 atom stereocenters. The molecular formula is C20H16FN3O2S. The summed E-state index contributed by atoms with van der Waals surface area (Å²) < 4.78 is 41.9. The molecule has 4 aromatic rings. The molecule has 136 valence electrons. The van der Waals surface area contributed by atoms with Crippen LogP contribution in [0.3, 0.4) is 0 Å². The van der Waals surface area contributed by atoms with E-state index in [0.29, 0.717) is 18.4 Å². The molecule has 2 aromatic heterocycles. The summed E-state index contributed by atoms with van der Waals surface area (Å²) in [6, 6.07) is 11.5. The average molecular weight is 381 g/mol. The Morgan fingerprint density at radius 2 is 2.00 bits per heavy atom. The van der Waals surface area contributed by atoms with E-state index in [4.69, 9.17) is 0 Å².